The zero-order valence-electron chi connectivity index (χ0n) is 1.93. The summed E-state index contributed by atoms with van der Waals surface area (Å²) in [6, 6.07) is 0. The molecule has 5 N–H and O–H groups in total. The largest absolute Gasteiger partial charge is 0.412 e. The van der Waals surface area contributed by atoms with Crippen LogP contribution in [0.5, 0.6) is 0 Å². The van der Waals surface area contributed by atoms with Crippen LogP contribution in [0.25, 0.3) is 0 Å². The van der Waals surface area contributed by atoms with Crippen LogP contribution in [-0.2, 0) is 33.9 Å². The first-order valence-corrected chi connectivity index (χ1v) is 0. The molecule has 0 spiro atoms. The predicted molar refractivity (Wildman–Crippen MR) is 18.6 cm³/mol. The number of hydrogen-bond donors (Lipinski definition) is 1. The Kier molecular flexibility index (Phi) is 894. The van der Waals surface area contributed by atoms with E-state index in [-0.39, 0.29) is 62.8 Å². The second-order valence-corrected chi connectivity index (χ2v) is 0. The van der Waals surface area contributed by atoms with Crippen LogP contribution < -0.4 is 6.15 Å². The SMILES string of the molecule is N.O.[AlH3].[Cr].[Ni]. The smallest absolute Gasteiger partial charge is 0.187 e. The Morgan fingerprint density at radius 3 is 1.00 bits per heavy atom. The van der Waals surface area contributed by atoms with Gasteiger partial charge in [0, 0.05) is 33.9 Å². The van der Waals surface area contributed by atoms with Gasteiger partial charge in [-0.3, -0.25) is 0 Å². The molecule has 0 aliphatic heterocycles. The molecule has 0 saturated carbocycles. The minimum atomic E-state index is 0. The fourth-order valence-corrected chi connectivity index (χ4v) is 0. The van der Waals surface area contributed by atoms with Crippen LogP contribution in [0.1, 0.15) is 0 Å². The van der Waals surface area contributed by atoms with Crippen molar-refractivity contribution < 1.29 is 39.3 Å². The fourth-order valence-electron chi connectivity index (χ4n) is 0. The summed E-state index contributed by atoms with van der Waals surface area (Å²) in [6.07, 6.45) is 0. The predicted octanol–water partition coefficient (Wildman–Crippen LogP) is -1.85. The van der Waals surface area contributed by atoms with Gasteiger partial charge in [-0.25, -0.2) is 0 Å². The van der Waals surface area contributed by atoms with E-state index >= 15 is 0 Å². The first-order chi connectivity index (χ1) is 0. The summed E-state index contributed by atoms with van der Waals surface area (Å²) in [5.74, 6) is 0. The van der Waals surface area contributed by atoms with Crippen molar-refractivity contribution in [2.75, 3.05) is 0 Å². The van der Waals surface area contributed by atoms with Crippen LogP contribution in [0, 0.1) is 0 Å². The van der Waals surface area contributed by atoms with Crippen molar-refractivity contribution in [1.82, 2.24) is 6.15 Å². The minimum Gasteiger partial charge on any atom is -0.412 e. The van der Waals surface area contributed by atoms with Gasteiger partial charge in [-0.2, -0.15) is 0 Å². The number of rotatable bonds is 0. The van der Waals surface area contributed by atoms with Gasteiger partial charge >= 0.3 is 0 Å². The summed E-state index contributed by atoms with van der Waals surface area (Å²) in [7, 11) is 0. The molecule has 0 unspecified atom stereocenters. The van der Waals surface area contributed by atoms with E-state index in [1.165, 1.54) is 0 Å². The van der Waals surface area contributed by atoms with E-state index in [4.69, 9.17) is 0 Å². The van der Waals surface area contributed by atoms with Crippen molar-refractivity contribution in [2.45, 2.75) is 0 Å². The van der Waals surface area contributed by atoms with E-state index in [1.807, 2.05) is 0 Å². The van der Waals surface area contributed by atoms with Crippen molar-refractivity contribution in [3.8, 4) is 0 Å². The van der Waals surface area contributed by atoms with Crippen LogP contribution in [0.2, 0.25) is 0 Å². The molecular formula is H8AlCrNNiO. The van der Waals surface area contributed by atoms with Gasteiger partial charge in [-0.05, 0) is 0 Å². The average molecular weight is 176 g/mol. The van der Waals surface area contributed by atoms with Gasteiger partial charge in [-0.15, -0.1) is 0 Å². The Morgan fingerprint density at radius 1 is 1.00 bits per heavy atom. The van der Waals surface area contributed by atoms with Gasteiger partial charge in [-0.1, -0.05) is 0 Å². The standard InChI is InChI=1S/Al.Cr.H3N.Ni.H2O.3H/h;;1H3;;1H2;;;. The van der Waals surface area contributed by atoms with E-state index in [9.17, 15) is 0 Å². The molecule has 0 aromatic heterocycles. The molecule has 0 aliphatic carbocycles. The molecule has 5 heavy (non-hydrogen) atoms. The van der Waals surface area contributed by atoms with Crippen LogP contribution in [-0.4, -0.2) is 22.8 Å². The Labute approximate surface area is 62.8 Å². The molecule has 0 heterocycles. The molecule has 0 radical (unpaired) electrons. The van der Waals surface area contributed by atoms with Crippen molar-refractivity contribution >= 4 is 17.4 Å². The van der Waals surface area contributed by atoms with E-state index < -0.39 is 0 Å². The maximum atomic E-state index is 0. The van der Waals surface area contributed by atoms with Gasteiger partial charge in [0.15, 0.2) is 17.4 Å². The number of hydrogen-bond acceptors (Lipinski definition) is 1. The van der Waals surface area contributed by atoms with Crippen molar-refractivity contribution in [1.29, 1.82) is 0 Å². The van der Waals surface area contributed by atoms with E-state index in [1.54, 1.807) is 0 Å². The summed E-state index contributed by atoms with van der Waals surface area (Å²) < 4.78 is 0. The molecule has 2 nitrogen and oxygen atoms in total. The molecule has 0 fully saturated rings. The average Bonchev–Trinajstić information content (AvgIpc) is 0. The first kappa shape index (κ1) is 89.0. The molecule has 0 aromatic carbocycles. The van der Waals surface area contributed by atoms with Gasteiger partial charge in [0.25, 0.3) is 0 Å². The molecular weight excluding hydrogens is 168 g/mol. The minimum absolute atomic E-state index is 0. The normalized spacial score (nSPS) is 0. The van der Waals surface area contributed by atoms with Crippen molar-refractivity contribution in [2.24, 2.45) is 0 Å². The van der Waals surface area contributed by atoms with Crippen LogP contribution in [0.3, 0.4) is 0 Å². The van der Waals surface area contributed by atoms with Crippen LogP contribution in [0.4, 0.5) is 0 Å². The second-order valence-electron chi connectivity index (χ2n) is 0. The molecule has 0 bridgehead atoms. The topological polar surface area (TPSA) is 66.5 Å². The van der Waals surface area contributed by atoms with Gasteiger partial charge in [0.1, 0.15) is 0 Å². The zero-order chi connectivity index (χ0) is 0. The van der Waals surface area contributed by atoms with Crippen LogP contribution >= 0.6 is 0 Å². The summed E-state index contributed by atoms with van der Waals surface area (Å²) in [6.45, 7) is 0. The van der Waals surface area contributed by atoms with E-state index in [0.29, 0.717) is 0 Å². The Hall–Kier alpha value is 1.48. The molecule has 0 amide bonds. The van der Waals surface area contributed by atoms with Crippen molar-refractivity contribution in [3.05, 3.63) is 0 Å². The van der Waals surface area contributed by atoms with Gasteiger partial charge < -0.3 is 11.6 Å². The quantitative estimate of drug-likeness (QED) is 0.432. The summed E-state index contributed by atoms with van der Waals surface area (Å²) in [5.41, 5.74) is 0. The third-order valence-electron chi connectivity index (χ3n) is 0. The molecule has 0 saturated heterocycles. The second kappa shape index (κ2) is 50.3. The fraction of sp³-hybridized carbons (Fsp3) is 0. The first-order valence-electron chi connectivity index (χ1n) is 0. The maximum absolute atomic E-state index is 0. The summed E-state index contributed by atoms with van der Waals surface area (Å²) in [5, 5.41) is 0. The molecule has 5 heteroatoms. The summed E-state index contributed by atoms with van der Waals surface area (Å²) >= 11 is 0. The van der Waals surface area contributed by atoms with Gasteiger partial charge in [0.05, 0.1) is 0 Å². The Balaban J connectivity index is 0. The van der Waals surface area contributed by atoms with E-state index in [0.717, 1.165) is 0 Å². The molecule has 38 valence electrons. The summed E-state index contributed by atoms with van der Waals surface area (Å²) in [4.78, 5) is 0. The third-order valence-corrected chi connectivity index (χ3v) is 0. The Morgan fingerprint density at radius 2 is 1.00 bits per heavy atom. The molecule has 0 aliphatic rings. The molecule has 0 atom stereocenters. The molecule has 0 rings (SSSR count). The third kappa shape index (κ3) is 30.3. The van der Waals surface area contributed by atoms with Crippen LogP contribution in [0.15, 0.2) is 0 Å². The van der Waals surface area contributed by atoms with Gasteiger partial charge in [0.2, 0.25) is 0 Å². The zero-order valence-corrected chi connectivity index (χ0v) is 4.19. The van der Waals surface area contributed by atoms with Crippen molar-refractivity contribution in [3.63, 3.8) is 0 Å². The monoisotopic (exact) mass is 175 g/mol. The maximum Gasteiger partial charge on any atom is 0.187 e. The Bertz CT molecular complexity index is 11.6. The molecule has 0 aromatic rings. The van der Waals surface area contributed by atoms with E-state index in [2.05, 4.69) is 0 Å².